The molecule has 1 amide bonds. The van der Waals surface area contributed by atoms with Crippen LogP contribution in [0.3, 0.4) is 0 Å². The lowest BCUT2D eigenvalue weighted by atomic mass is 10.1. The molecule has 1 N–H and O–H groups in total. The van der Waals surface area contributed by atoms with Crippen LogP contribution >= 0.6 is 0 Å². The van der Waals surface area contributed by atoms with Gasteiger partial charge in [0.05, 0.1) is 19.3 Å². The molecule has 0 radical (unpaired) electrons. The fraction of sp³-hybridized carbons (Fsp3) is 0.611. The summed E-state index contributed by atoms with van der Waals surface area (Å²) in [5.74, 6) is -0.798. The van der Waals surface area contributed by atoms with Crippen molar-refractivity contribution >= 4 is 5.91 Å². The number of likely N-dealkylation sites (tertiary alicyclic amines) is 1. The molecule has 1 unspecified atom stereocenters. The standard InChI is InChI=1S/C18H25FN2O3/c1-18(23-11-12-24-18)8-9-20-17(22)16-7-4-10-21(16)13-14-5-2-3-6-15(14)19/h2-3,5-6,16H,4,7-13H2,1H3,(H,20,22). The number of hydrogen-bond acceptors (Lipinski definition) is 4. The quantitative estimate of drug-likeness (QED) is 0.864. The molecule has 1 atom stereocenters. The molecule has 1 aromatic carbocycles. The van der Waals surface area contributed by atoms with Crippen LogP contribution in [0.2, 0.25) is 0 Å². The zero-order chi connectivity index (χ0) is 17.0. The van der Waals surface area contributed by atoms with Gasteiger partial charge in [0.25, 0.3) is 0 Å². The molecule has 2 saturated heterocycles. The van der Waals surface area contributed by atoms with Crippen molar-refractivity contribution in [3.05, 3.63) is 35.6 Å². The second-order valence-electron chi connectivity index (χ2n) is 6.59. The molecule has 6 heteroatoms. The molecule has 2 aliphatic heterocycles. The van der Waals surface area contributed by atoms with E-state index in [1.165, 1.54) is 6.07 Å². The number of carbonyl (C=O) groups excluding carboxylic acids is 1. The molecule has 0 bridgehead atoms. The van der Waals surface area contributed by atoms with Crippen LogP contribution in [-0.2, 0) is 20.8 Å². The Hall–Kier alpha value is -1.50. The van der Waals surface area contributed by atoms with Gasteiger partial charge in [-0.05, 0) is 32.4 Å². The second-order valence-corrected chi connectivity index (χ2v) is 6.59. The number of ether oxygens (including phenoxy) is 2. The van der Waals surface area contributed by atoms with Crippen molar-refractivity contribution in [2.24, 2.45) is 0 Å². The molecule has 0 aliphatic carbocycles. The molecule has 0 spiro atoms. The average Bonchev–Trinajstić information content (AvgIpc) is 3.19. The van der Waals surface area contributed by atoms with E-state index >= 15 is 0 Å². The Labute approximate surface area is 142 Å². The van der Waals surface area contributed by atoms with Crippen LogP contribution in [0.25, 0.3) is 0 Å². The van der Waals surface area contributed by atoms with Gasteiger partial charge in [0.15, 0.2) is 5.79 Å². The fourth-order valence-electron chi connectivity index (χ4n) is 3.39. The minimum Gasteiger partial charge on any atom is -0.355 e. The Morgan fingerprint density at radius 3 is 2.88 bits per heavy atom. The first-order valence-electron chi connectivity index (χ1n) is 8.60. The highest BCUT2D eigenvalue weighted by molar-refractivity contribution is 5.82. The van der Waals surface area contributed by atoms with Crippen LogP contribution < -0.4 is 5.32 Å². The van der Waals surface area contributed by atoms with Gasteiger partial charge in [-0.15, -0.1) is 0 Å². The van der Waals surface area contributed by atoms with E-state index in [0.717, 1.165) is 19.4 Å². The number of rotatable bonds is 6. The van der Waals surface area contributed by atoms with Gasteiger partial charge in [-0.25, -0.2) is 4.39 Å². The molecular weight excluding hydrogens is 311 g/mol. The maximum atomic E-state index is 13.8. The van der Waals surface area contributed by atoms with Crippen molar-refractivity contribution < 1.29 is 18.7 Å². The Balaban J connectivity index is 1.51. The van der Waals surface area contributed by atoms with E-state index in [2.05, 4.69) is 10.2 Å². The molecule has 132 valence electrons. The van der Waals surface area contributed by atoms with Crippen molar-refractivity contribution in [3.8, 4) is 0 Å². The smallest absolute Gasteiger partial charge is 0.237 e. The van der Waals surface area contributed by atoms with E-state index < -0.39 is 5.79 Å². The van der Waals surface area contributed by atoms with Gasteiger partial charge >= 0.3 is 0 Å². The number of halogens is 1. The van der Waals surface area contributed by atoms with Crippen molar-refractivity contribution in [3.63, 3.8) is 0 Å². The largest absolute Gasteiger partial charge is 0.355 e. The molecule has 24 heavy (non-hydrogen) atoms. The lowest BCUT2D eigenvalue weighted by Gasteiger charge is -2.25. The lowest BCUT2D eigenvalue weighted by Crippen LogP contribution is -2.44. The van der Waals surface area contributed by atoms with Gasteiger partial charge in [-0.2, -0.15) is 0 Å². The Morgan fingerprint density at radius 2 is 2.12 bits per heavy atom. The van der Waals surface area contributed by atoms with E-state index in [1.54, 1.807) is 12.1 Å². The average molecular weight is 336 g/mol. The Kier molecular flexibility index (Phi) is 5.48. The van der Waals surface area contributed by atoms with Crippen LogP contribution in [-0.4, -0.2) is 48.9 Å². The minimum atomic E-state index is -0.587. The minimum absolute atomic E-state index is 0.00503. The summed E-state index contributed by atoms with van der Waals surface area (Å²) < 4.78 is 24.9. The summed E-state index contributed by atoms with van der Waals surface area (Å²) in [5.41, 5.74) is 0.637. The SMILES string of the molecule is CC1(CCNC(=O)C2CCCN2Cc2ccccc2F)OCCO1. The zero-order valence-corrected chi connectivity index (χ0v) is 14.1. The maximum Gasteiger partial charge on any atom is 0.237 e. The highest BCUT2D eigenvalue weighted by Gasteiger charge is 2.33. The van der Waals surface area contributed by atoms with Crippen LogP contribution in [0.4, 0.5) is 4.39 Å². The van der Waals surface area contributed by atoms with Crippen LogP contribution in [0.15, 0.2) is 24.3 Å². The predicted octanol–water partition coefficient (Wildman–Crippen LogP) is 2.06. The van der Waals surface area contributed by atoms with Gasteiger partial charge in [-0.1, -0.05) is 18.2 Å². The zero-order valence-electron chi connectivity index (χ0n) is 14.1. The lowest BCUT2D eigenvalue weighted by molar-refractivity contribution is -0.147. The van der Waals surface area contributed by atoms with Crippen LogP contribution in [0.5, 0.6) is 0 Å². The van der Waals surface area contributed by atoms with E-state index in [4.69, 9.17) is 9.47 Å². The third-order valence-corrected chi connectivity index (χ3v) is 4.77. The number of benzene rings is 1. The first-order valence-corrected chi connectivity index (χ1v) is 8.60. The number of hydrogen-bond donors (Lipinski definition) is 1. The van der Waals surface area contributed by atoms with Gasteiger partial charge in [-0.3, -0.25) is 9.69 Å². The van der Waals surface area contributed by atoms with Gasteiger partial charge < -0.3 is 14.8 Å². The summed E-state index contributed by atoms with van der Waals surface area (Å²) in [6.07, 6.45) is 2.39. The van der Waals surface area contributed by atoms with E-state index in [1.807, 2.05) is 13.0 Å². The summed E-state index contributed by atoms with van der Waals surface area (Å²) in [7, 11) is 0. The second kappa shape index (κ2) is 7.59. The topological polar surface area (TPSA) is 50.8 Å². The van der Waals surface area contributed by atoms with E-state index in [9.17, 15) is 9.18 Å². The van der Waals surface area contributed by atoms with Crippen LogP contribution in [0.1, 0.15) is 31.7 Å². The van der Waals surface area contributed by atoms with E-state index in [0.29, 0.717) is 38.3 Å². The first kappa shape index (κ1) is 17.3. The summed E-state index contributed by atoms with van der Waals surface area (Å²) in [6, 6.07) is 6.55. The van der Waals surface area contributed by atoms with E-state index in [-0.39, 0.29) is 17.8 Å². The predicted molar refractivity (Wildman–Crippen MR) is 87.8 cm³/mol. The molecular formula is C18H25FN2O3. The molecule has 2 fully saturated rings. The van der Waals surface area contributed by atoms with Crippen LogP contribution in [0, 0.1) is 5.82 Å². The normalized spacial score (nSPS) is 23.5. The third-order valence-electron chi connectivity index (χ3n) is 4.77. The van der Waals surface area contributed by atoms with Gasteiger partial charge in [0.1, 0.15) is 5.82 Å². The molecule has 5 nitrogen and oxygen atoms in total. The Bertz CT molecular complexity index is 575. The van der Waals surface area contributed by atoms with Crippen molar-refractivity contribution in [1.29, 1.82) is 0 Å². The molecule has 2 aliphatic rings. The number of amides is 1. The highest BCUT2D eigenvalue weighted by atomic mass is 19.1. The molecule has 1 aromatic rings. The number of nitrogens with zero attached hydrogens (tertiary/aromatic N) is 1. The van der Waals surface area contributed by atoms with Crippen molar-refractivity contribution in [2.45, 2.75) is 44.6 Å². The number of nitrogens with one attached hydrogen (secondary N) is 1. The summed E-state index contributed by atoms with van der Waals surface area (Å²) in [4.78, 5) is 14.5. The molecule has 0 saturated carbocycles. The first-order chi connectivity index (χ1) is 11.6. The molecule has 0 aromatic heterocycles. The van der Waals surface area contributed by atoms with Crippen molar-refractivity contribution in [2.75, 3.05) is 26.3 Å². The monoisotopic (exact) mass is 336 g/mol. The summed E-state index contributed by atoms with van der Waals surface area (Å²) in [6.45, 7) is 4.89. The third kappa shape index (κ3) is 4.12. The summed E-state index contributed by atoms with van der Waals surface area (Å²) in [5, 5.41) is 2.97. The molecule has 2 heterocycles. The highest BCUT2D eigenvalue weighted by Crippen LogP contribution is 2.23. The molecule has 3 rings (SSSR count). The maximum absolute atomic E-state index is 13.8. The Morgan fingerprint density at radius 1 is 1.38 bits per heavy atom. The summed E-state index contributed by atoms with van der Waals surface area (Å²) >= 11 is 0. The van der Waals surface area contributed by atoms with Gasteiger partial charge in [0.2, 0.25) is 5.91 Å². The van der Waals surface area contributed by atoms with Gasteiger partial charge in [0, 0.05) is 25.1 Å². The number of carbonyl (C=O) groups is 1. The fourth-order valence-corrected chi connectivity index (χ4v) is 3.39. The van der Waals surface area contributed by atoms with Crippen molar-refractivity contribution in [1.82, 2.24) is 10.2 Å².